The van der Waals surface area contributed by atoms with Gasteiger partial charge in [-0.25, -0.2) is 0 Å². The summed E-state index contributed by atoms with van der Waals surface area (Å²) in [6.07, 6.45) is 5.68. The first-order valence-corrected chi connectivity index (χ1v) is 11.1. The summed E-state index contributed by atoms with van der Waals surface area (Å²) < 4.78 is 17.0. The Kier molecular flexibility index (Phi) is 11.2. The van der Waals surface area contributed by atoms with Gasteiger partial charge in [-0.3, -0.25) is 4.99 Å². The number of rotatable bonds is 11. The molecule has 1 heterocycles. The van der Waals surface area contributed by atoms with E-state index in [0.29, 0.717) is 6.61 Å². The van der Waals surface area contributed by atoms with Crippen molar-refractivity contribution in [3.8, 4) is 5.75 Å². The highest BCUT2D eigenvalue weighted by Gasteiger charge is 2.34. The van der Waals surface area contributed by atoms with E-state index in [0.717, 1.165) is 76.4 Å². The van der Waals surface area contributed by atoms with Gasteiger partial charge in [0.1, 0.15) is 5.75 Å². The fraction of sp³-hybridized carbons (Fsp3) is 0.696. The summed E-state index contributed by atoms with van der Waals surface area (Å²) in [5.41, 5.74) is 1.38. The standard InChI is InChI=1S/C23H37N3O3.HI/c1-3-29-21-9-7-20(8-10-21)23(11-15-27-16-12-23)18-26-22(24-2)25-13-4-14-28-17-19-5-6-19;/h7-10,19H,3-6,11-18H2,1-2H3,(H2,24,25,26);1H. The molecule has 1 aliphatic carbocycles. The third-order valence-electron chi connectivity index (χ3n) is 5.85. The van der Waals surface area contributed by atoms with E-state index in [2.05, 4.69) is 39.9 Å². The Morgan fingerprint density at radius 3 is 2.53 bits per heavy atom. The average molecular weight is 531 g/mol. The Bertz CT molecular complexity index is 629. The van der Waals surface area contributed by atoms with Gasteiger partial charge < -0.3 is 24.8 Å². The predicted molar refractivity (Wildman–Crippen MR) is 132 cm³/mol. The first-order chi connectivity index (χ1) is 14.3. The Morgan fingerprint density at radius 1 is 1.17 bits per heavy atom. The summed E-state index contributed by atoms with van der Waals surface area (Å²) in [6.45, 7) is 7.72. The molecule has 6 nitrogen and oxygen atoms in total. The minimum atomic E-state index is 0. The van der Waals surface area contributed by atoms with E-state index >= 15 is 0 Å². The van der Waals surface area contributed by atoms with Gasteiger partial charge in [0.15, 0.2) is 5.96 Å². The zero-order valence-electron chi connectivity index (χ0n) is 18.5. The van der Waals surface area contributed by atoms with Gasteiger partial charge >= 0.3 is 0 Å². The Hall–Kier alpha value is -1.06. The first-order valence-electron chi connectivity index (χ1n) is 11.1. The van der Waals surface area contributed by atoms with Crippen LogP contribution in [-0.2, 0) is 14.9 Å². The van der Waals surface area contributed by atoms with E-state index < -0.39 is 0 Å². The lowest BCUT2D eigenvalue weighted by Crippen LogP contribution is -2.48. The van der Waals surface area contributed by atoms with Gasteiger partial charge in [-0.05, 0) is 62.6 Å². The van der Waals surface area contributed by atoms with Crippen molar-refractivity contribution in [1.29, 1.82) is 0 Å². The predicted octanol–water partition coefficient (Wildman–Crippen LogP) is 3.73. The molecular weight excluding hydrogens is 493 g/mol. The van der Waals surface area contributed by atoms with Crippen LogP contribution in [0.3, 0.4) is 0 Å². The van der Waals surface area contributed by atoms with E-state index in [4.69, 9.17) is 14.2 Å². The van der Waals surface area contributed by atoms with Gasteiger partial charge in [-0.1, -0.05) is 12.1 Å². The number of benzene rings is 1. The minimum Gasteiger partial charge on any atom is -0.494 e. The number of hydrogen-bond donors (Lipinski definition) is 2. The van der Waals surface area contributed by atoms with Gasteiger partial charge in [0.05, 0.1) is 6.61 Å². The van der Waals surface area contributed by atoms with Crippen LogP contribution in [0, 0.1) is 5.92 Å². The third-order valence-corrected chi connectivity index (χ3v) is 5.85. The maximum absolute atomic E-state index is 5.70. The Balaban J connectivity index is 0.00000320. The molecule has 1 saturated carbocycles. The Labute approximate surface area is 198 Å². The normalized spacial score (nSPS) is 18.4. The maximum atomic E-state index is 5.70. The van der Waals surface area contributed by atoms with Crippen molar-refractivity contribution < 1.29 is 14.2 Å². The molecule has 30 heavy (non-hydrogen) atoms. The molecule has 0 amide bonds. The average Bonchev–Trinajstić information content (AvgIpc) is 3.58. The van der Waals surface area contributed by atoms with Gasteiger partial charge in [0, 0.05) is 52.0 Å². The van der Waals surface area contributed by atoms with Crippen LogP contribution >= 0.6 is 24.0 Å². The lowest BCUT2D eigenvalue weighted by molar-refractivity contribution is 0.0513. The van der Waals surface area contributed by atoms with Crippen LogP contribution in [0.2, 0.25) is 0 Å². The first kappa shape index (κ1) is 25.2. The molecule has 0 unspecified atom stereocenters. The van der Waals surface area contributed by atoms with E-state index in [1.165, 1.54) is 18.4 Å². The summed E-state index contributed by atoms with van der Waals surface area (Å²) in [4.78, 5) is 4.39. The summed E-state index contributed by atoms with van der Waals surface area (Å²) >= 11 is 0. The molecule has 2 N–H and O–H groups in total. The summed E-state index contributed by atoms with van der Waals surface area (Å²) in [5.74, 6) is 2.60. The van der Waals surface area contributed by atoms with Crippen molar-refractivity contribution >= 4 is 29.9 Å². The van der Waals surface area contributed by atoms with Crippen molar-refractivity contribution in [2.24, 2.45) is 10.9 Å². The fourth-order valence-corrected chi connectivity index (χ4v) is 3.79. The van der Waals surface area contributed by atoms with Crippen LogP contribution in [0.15, 0.2) is 29.3 Å². The van der Waals surface area contributed by atoms with Crippen molar-refractivity contribution in [2.45, 2.75) is 44.4 Å². The van der Waals surface area contributed by atoms with Gasteiger partial charge in [-0.2, -0.15) is 0 Å². The molecule has 0 spiro atoms. The lowest BCUT2D eigenvalue weighted by atomic mass is 9.74. The highest BCUT2D eigenvalue weighted by atomic mass is 127. The SMILES string of the molecule is CCOc1ccc(C2(CNC(=NC)NCCCOCC3CC3)CCOCC2)cc1.I. The molecule has 0 bridgehead atoms. The zero-order chi connectivity index (χ0) is 20.4. The second-order valence-corrected chi connectivity index (χ2v) is 8.07. The van der Waals surface area contributed by atoms with Crippen LogP contribution < -0.4 is 15.4 Å². The van der Waals surface area contributed by atoms with Crippen LogP contribution in [-0.4, -0.2) is 59.1 Å². The smallest absolute Gasteiger partial charge is 0.191 e. The maximum Gasteiger partial charge on any atom is 0.191 e. The molecule has 0 radical (unpaired) electrons. The van der Waals surface area contributed by atoms with Crippen LogP contribution in [0.4, 0.5) is 0 Å². The van der Waals surface area contributed by atoms with E-state index in [1.54, 1.807) is 0 Å². The minimum absolute atomic E-state index is 0. The van der Waals surface area contributed by atoms with Gasteiger partial charge in [0.2, 0.25) is 0 Å². The molecule has 170 valence electrons. The molecule has 1 aliphatic heterocycles. The quantitative estimate of drug-likeness (QED) is 0.197. The number of hydrogen-bond acceptors (Lipinski definition) is 4. The molecule has 1 saturated heterocycles. The van der Waals surface area contributed by atoms with Crippen LogP contribution in [0.1, 0.15) is 44.6 Å². The second-order valence-electron chi connectivity index (χ2n) is 8.07. The molecule has 7 heteroatoms. The molecule has 1 aromatic carbocycles. The second kappa shape index (κ2) is 13.4. The fourth-order valence-electron chi connectivity index (χ4n) is 3.79. The number of ether oxygens (including phenoxy) is 3. The molecule has 3 rings (SSSR count). The summed E-state index contributed by atoms with van der Waals surface area (Å²) in [7, 11) is 1.83. The van der Waals surface area contributed by atoms with Crippen LogP contribution in [0.25, 0.3) is 0 Å². The summed E-state index contributed by atoms with van der Waals surface area (Å²) in [5, 5.41) is 6.96. The van der Waals surface area contributed by atoms with E-state index in [1.807, 2.05) is 14.0 Å². The number of halogens is 1. The van der Waals surface area contributed by atoms with Crippen molar-refractivity contribution in [3.05, 3.63) is 29.8 Å². The molecular formula is C23H38IN3O3. The van der Waals surface area contributed by atoms with Crippen LogP contribution in [0.5, 0.6) is 5.75 Å². The number of aliphatic imine (C=N–C) groups is 1. The molecule has 2 fully saturated rings. The Morgan fingerprint density at radius 2 is 1.90 bits per heavy atom. The number of nitrogens with zero attached hydrogens (tertiary/aromatic N) is 1. The van der Waals surface area contributed by atoms with E-state index in [9.17, 15) is 0 Å². The lowest BCUT2D eigenvalue weighted by Gasteiger charge is -2.38. The monoisotopic (exact) mass is 531 g/mol. The molecule has 0 atom stereocenters. The van der Waals surface area contributed by atoms with Crippen molar-refractivity contribution in [1.82, 2.24) is 10.6 Å². The zero-order valence-corrected chi connectivity index (χ0v) is 20.8. The third kappa shape index (κ3) is 7.89. The molecule has 2 aliphatic rings. The number of guanidine groups is 1. The van der Waals surface area contributed by atoms with Crippen molar-refractivity contribution in [3.63, 3.8) is 0 Å². The number of nitrogens with one attached hydrogen (secondary N) is 2. The van der Waals surface area contributed by atoms with Gasteiger partial charge in [-0.15, -0.1) is 24.0 Å². The molecule has 1 aromatic rings. The van der Waals surface area contributed by atoms with Crippen molar-refractivity contribution in [2.75, 3.05) is 53.2 Å². The highest BCUT2D eigenvalue weighted by molar-refractivity contribution is 14.0. The summed E-state index contributed by atoms with van der Waals surface area (Å²) in [6, 6.07) is 8.55. The van der Waals surface area contributed by atoms with Gasteiger partial charge in [0.25, 0.3) is 0 Å². The largest absolute Gasteiger partial charge is 0.494 e. The topological polar surface area (TPSA) is 64.1 Å². The molecule has 0 aromatic heterocycles. The highest BCUT2D eigenvalue weighted by Crippen LogP contribution is 2.35. The van der Waals surface area contributed by atoms with E-state index in [-0.39, 0.29) is 29.4 Å².